The van der Waals surface area contributed by atoms with Gasteiger partial charge in [-0.05, 0) is 6.92 Å². The van der Waals surface area contributed by atoms with Crippen molar-refractivity contribution in [2.45, 2.75) is 31.8 Å². The number of rotatable bonds is 1. The average Bonchev–Trinajstić information content (AvgIpc) is 2.83. The summed E-state index contributed by atoms with van der Waals surface area (Å²) in [5.74, 6) is -0.0113. The normalized spacial score (nSPS) is 28.1. The van der Waals surface area contributed by atoms with Gasteiger partial charge in [-0.15, -0.1) is 0 Å². The van der Waals surface area contributed by atoms with E-state index < -0.39 is 18.4 Å². The van der Waals surface area contributed by atoms with Crippen LogP contribution in [-0.2, 0) is 4.74 Å². The Kier molecular flexibility index (Phi) is 2.42. The first kappa shape index (κ1) is 11.3. The lowest BCUT2D eigenvalue weighted by atomic mass is 10.2. The molecule has 0 spiro atoms. The molecule has 96 valence electrons. The molecule has 3 rings (SSSR count). The molecule has 1 saturated heterocycles. The molecule has 3 atom stereocenters. The van der Waals surface area contributed by atoms with Crippen LogP contribution in [0.2, 0.25) is 0 Å². The van der Waals surface area contributed by atoms with Crippen LogP contribution in [0.15, 0.2) is 6.33 Å². The number of hydrogen-bond acceptors (Lipinski definition) is 6. The molecule has 0 aromatic carbocycles. The Labute approximate surface area is 101 Å². The standard InChI is InChI=1S/C10H12FN5O2/c1-4-5(17)2-6(18-4)16-3-13-7-8(12)14-10(11)15-9(7)16/h3-6,17H,2H2,1H3,(H2,12,14,15)/t4-,5+,6+/m0/s1. The third kappa shape index (κ3) is 1.61. The van der Waals surface area contributed by atoms with E-state index in [9.17, 15) is 9.50 Å². The predicted molar refractivity (Wildman–Crippen MR) is 59.9 cm³/mol. The largest absolute Gasteiger partial charge is 0.390 e. The highest BCUT2D eigenvalue weighted by molar-refractivity contribution is 5.81. The summed E-state index contributed by atoms with van der Waals surface area (Å²) in [6.45, 7) is 1.77. The van der Waals surface area contributed by atoms with E-state index in [1.807, 2.05) is 0 Å². The molecule has 7 nitrogen and oxygen atoms in total. The second-order valence-corrected chi connectivity index (χ2v) is 4.30. The van der Waals surface area contributed by atoms with Gasteiger partial charge in [0, 0.05) is 6.42 Å². The van der Waals surface area contributed by atoms with E-state index in [0.29, 0.717) is 11.9 Å². The van der Waals surface area contributed by atoms with Crippen molar-refractivity contribution in [2.75, 3.05) is 5.73 Å². The number of nitrogens with zero attached hydrogens (tertiary/aromatic N) is 4. The van der Waals surface area contributed by atoms with Gasteiger partial charge in [0.2, 0.25) is 0 Å². The average molecular weight is 253 g/mol. The number of nitrogens with two attached hydrogens (primary N) is 1. The number of aliphatic hydroxyl groups is 1. The Morgan fingerprint density at radius 2 is 2.33 bits per heavy atom. The summed E-state index contributed by atoms with van der Waals surface area (Å²) in [5, 5.41) is 9.66. The number of halogens is 1. The molecule has 18 heavy (non-hydrogen) atoms. The van der Waals surface area contributed by atoms with E-state index in [4.69, 9.17) is 10.5 Å². The minimum absolute atomic E-state index is 0.0113. The van der Waals surface area contributed by atoms with Crippen molar-refractivity contribution in [3.63, 3.8) is 0 Å². The van der Waals surface area contributed by atoms with E-state index in [1.54, 1.807) is 11.5 Å². The van der Waals surface area contributed by atoms with Crippen LogP contribution in [0.1, 0.15) is 19.6 Å². The summed E-state index contributed by atoms with van der Waals surface area (Å²) in [4.78, 5) is 11.1. The summed E-state index contributed by atoms with van der Waals surface area (Å²) in [6.07, 6.45) is -0.307. The number of nitrogen functional groups attached to an aromatic ring is 1. The summed E-state index contributed by atoms with van der Waals surface area (Å²) in [7, 11) is 0. The van der Waals surface area contributed by atoms with Crippen LogP contribution in [0.5, 0.6) is 0 Å². The lowest BCUT2D eigenvalue weighted by Crippen LogP contribution is -2.15. The maximum absolute atomic E-state index is 13.2. The number of anilines is 1. The fraction of sp³-hybridized carbons (Fsp3) is 0.500. The molecule has 0 amide bonds. The van der Waals surface area contributed by atoms with Gasteiger partial charge in [-0.1, -0.05) is 0 Å². The Hall–Kier alpha value is -1.80. The van der Waals surface area contributed by atoms with Gasteiger partial charge in [-0.25, -0.2) is 4.98 Å². The molecule has 0 aliphatic carbocycles. The quantitative estimate of drug-likeness (QED) is 0.705. The topological polar surface area (TPSA) is 99.1 Å². The molecule has 3 heterocycles. The van der Waals surface area contributed by atoms with Crippen LogP contribution in [0.4, 0.5) is 10.2 Å². The zero-order chi connectivity index (χ0) is 12.9. The molecule has 0 bridgehead atoms. The van der Waals surface area contributed by atoms with Crippen molar-refractivity contribution in [2.24, 2.45) is 0 Å². The summed E-state index contributed by atoms with van der Waals surface area (Å²) < 4.78 is 20.3. The smallest absolute Gasteiger partial charge is 0.312 e. The van der Waals surface area contributed by atoms with Crippen molar-refractivity contribution >= 4 is 17.0 Å². The minimum Gasteiger partial charge on any atom is -0.390 e. The molecule has 0 saturated carbocycles. The third-order valence-corrected chi connectivity index (χ3v) is 3.09. The second-order valence-electron chi connectivity index (χ2n) is 4.30. The fourth-order valence-corrected chi connectivity index (χ4v) is 2.09. The van der Waals surface area contributed by atoms with Crippen LogP contribution in [-0.4, -0.2) is 36.8 Å². The maximum atomic E-state index is 13.2. The highest BCUT2D eigenvalue weighted by Crippen LogP contribution is 2.31. The van der Waals surface area contributed by atoms with Gasteiger partial charge in [0.15, 0.2) is 17.0 Å². The molecule has 3 N–H and O–H groups in total. The minimum atomic E-state index is -0.909. The number of fused-ring (bicyclic) bond motifs is 1. The third-order valence-electron chi connectivity index (χ3n) is 3.09. The van der Waals surface area contributed by atoms with Crippen molar-refractivity contribution in [1.82, 2.24) is 19.5 Å². The van der Waals surface area contributed by atoms with Gasteiger partial charge < -0.3 is 15.6 Å². The first-order valence-electron chi connectivity index (χ1n) is 5.55. The van der Waals surface area contributed by atoms with Crippen LogP contribution >= 0.6 is 0 Å². The van der Waals surface area contributed by atoms with Crippen molar-refractivity contribution in [3.8, 4) is 0 Å². The monoisotopic (exact) mass is 253 g/mol. The number of imidazole rings is 1. The highest BCUT2D eigenvalue weighted by atomic mass is 19.1. The van der Waals surface area contributed by atoms with E-state index in [-0.39, 0.29) is 17.6 Å². The number of ether oxygens (including phenoxy) is 1. The molecule has 1 fully saturated rings. The predicted octanol–water partition coefficient (Wildman–Crippen LogP) is 0.216. The van der Waals surface area contributed by atoms with Crippen molar-refractivity contribution in [3.05, 3.63) is 12.4 Å². The maximum Gasteiger partial charge on any atom is 0.312 e. The highest BCUT2D eigenvalue weighted by Gasteiger charge is 2.33. The van der Waals surface area contributed by atoms with E-state index >= 15 is 0 Å². The Morgan fingerprint density at radius 1 is 1.56 bits per heavy atom. The molecule has 2 aromatic heterocycles. The van der Waals surface area contributed by atoms with Crippen molar-refractivity contribution in [1.29, 1.82) is 0 Å². The van der Waals surface area contributed by atoms with Crippen molar-refractivity contribution < 1.29 is 14.2 Å². The molecule has 8 heteroatoms. The zero-order valence-corrected chi connectivity index (χ0v) is 9.62. The lowest BCUT2D eigenvalue weighted by molar-refractivity contribution is -0.00636. The van der Waals surface area contributed by atoms with Crippen LogP contribution in [0.25, 0.3) is 11.2 Å². The zero-order valence-electron chi connectivity index (χ0n) is 9.62. The van der Waals surface area contributed by atoms with Gasteiger partial charge in [0.25, 0.3) is 0 Å². The lowest BCUT2D eigenvalue weighted by Gasteiger charge is -2.12. The SMILES string of the molecule is C[C@@H]1O[C@@H](n2cnc3c(N)nc(F)nc32)C[C@H]1O. The van der Waals surface area contributed by atoms with Gasteiger partial charge in [-0.2, -0.15) is 14.4 Å². The molecule has 1 aliphatic rings. The van der Waals surface area contributed by atoms with E-state index in [1.165, 1.54) is 6.33 Å². The van der Waals surface area contributed by atoms with E-state index in [0.717, 1.165) is 0 Å². The van der Waals surface area contributed by atoms with Gasteiger partial charge >= 0.3 is 6.08 Å². The summed E-state index contributed by atoms with van der Waals surface area (Å²) in [6, 6.07) is 0. The molecular formula is C10H12FN5O2. The molecule has 1 aliphatic heterocycles. The van der Waals surface area contributed by atoms with Gasteiger partial charge in [-0.3, -0.25) is 4.57 Å². The molecule has 0 unspecified atom stereocenters. The summed E-state index contributed by atoms with van der Waals surface area (Å²) in [5.41, 5.74) is 6.16. The van der Waals surface area contributed by atoms with Crippen LogP contribution < -0.4 is 5.73 Å². The van der Waals surface area contributed by atoms with Crippen LogP contribution in [0, 0.1) is 6.08 Å². The Bertz CT molecular complexity index is 591. The van der Waals surface area contributed by atoms with Crippen LogP contribution in [0.3, 0.4) is 0 Å². The number of hydrogen-bond donors (Lipinski definition) is 2. The number of aromatic nitrogens is 4. The first-order chi connectivity index (χ1) is 8.56. The second kappa shape index (κ2) is 3.85. The molecule has 0 radical (unpaired) electrons. The van der Waals surface area contributed by atoms with E-state index in [2.05, 4.69) is 15.0 Å². The molecule has 2 aromatic rings. The fourth-order valence-electron chi connectivity index (χ4n) is 2.09. The Balaban J connectivity index is 2.08. The summed E-state index contributed by atoms with van der Waals surface area (Å²) >= 11 is 0. The molecular weight excluding hydrogens is 241 g/mol. The van der Waals surface area contributed by atoms with Gasteiger partial charge in [0.1, 0.15) is 6.23 Å². The number of aliphatic hydroxyl groups excluding tert-OH is 1. The van der Waals surface area contributed by atoms with Gasteiger partial charge in [0.05, 0.1) is 18.5 Å². The first-order valence-corrected chi connectivity index (χ1v) is 5.55. The Morgan fingerprint density at radius 3 is 3.00 bits per heavy atom.